The molecule has 102 valence electrons. The molecular weight excluding hydrogens is 226 g/mol. The minimum atomic E-state index is 0.746. The molecule has 0 fully saturated rings. The van der Waals surface area contributed by atoms with Gasteiger partial charge in [0.2, 0.25) is 0 Å². The first-order valence-corrected chi connectivity index (χ1v) is 6.61. The first-order valence-electron chi connectivity index (χ1n) is 6.61. The van der Waals surface area contributed by atoms with Crippen LogP contribution in [0.1, 0.15) is 30.0 Å². The largest absolute Gasteiger partial charge is 0.493 e. The smallest absolute Gasteiger partial charge is 0.125 e. The molecule has 0 heterocycles. The predicted molar refractivity (Wildman–Crippen MR) is 75.3 cm³/mol. The zero-order chi connectivity index (χ0) is 13.4. The quantitative estimate of drug-likeness (QED) is 0.721. The van der Waals surface area contributed by atoms with E-state index in [0.29, 0.717) is 0 Å². The van der Waals surface area contributed by atoms with Crippen LogP contribution in [0.15, 0.2) is 12.1 Å². The molecule has 0 aliphatic heterocycles. The zero-order valence-electron chi connectivity index (χ0n) is 12.0. The second-order valence-corrected chi connectivity index (χ2v) is 4.58. The van der Waals surface area contributed by atoms with Crippen LogP contribution < -0.4 is 10.1 Å². The van der Waals surface area contributed by atoms with Gasteiger partial charge in [0.1, 0.15) is 5.75 Å². The minimum Gasteiger partial charge on any atom is -0.493 e. The number of benzene rings is 1. The molecule has 0 atom stereocenters. The van der Waals surface area contributed by atoms with Gasteiger partial charge in [-0.3, -0.25) is 0 Å². The Bertz CT molecular complexity index is 341. The third kappa shape index (κ3) is 4.67. The third-order valence-electron chi connectivity index (χ3n) is 2.78. The fraction of sp³-hybridized carbons (Fsp3) is 0.600. The van der Waals surface area contributed by atoms with Gasteiger partial charge in [0.25, 0.3) is 0 Å². The second-order valence-electron chi connectivity index (χ2n) is 4.58. The molecule has 3 heteroatoms. The summed E-state index contributed by atoms with van der Waals surface area (Å²) >= 11 is 0. The highest BCUT2D eigenvalue weighted by atomic mass is 16.5. The number of nitrogens with one attached hydrogen (secondary N) is 1. The first-order chi connectivity index (χ1) is 8.69. The molecule has 0 aromatic heterocycles. The lowest BCUT2D eigenvalue weighted by Gasteiger charge is -2.14. The van der Waals surface area contributed by atoms with Gasteiger partial charge >= 0.3 is 0 Å². The topological polar surface area (TPSA) is 30.5 Å². The first kappa shape index (κ1) is 15.0. The molecule has 0 aliphatic rings. The Balaban J connectivity index is 2.61. The highest BCUT2D eigenvalue weighted by molar-refractivity contribution is 5.43. The number of hydrogen-bond acceptors (Lipinski definition) is 3. The van der Waals surface area contributed by atoms with E-state index in [1.165, 1.54) is 16.7 Å². The number of aryl methyl sites for hydroxylation is 2. The van der Waals surface area contributed by atoms with Crippen molar-refractivity contribution in [1.29, 1.82) is 0 Å². The van der Waals surface area contributed by atoms with Gasteiger partial charge in [0, 0.05) is 20.2 Å². The van der Waals surface area contributed by atoms with E-state index in [1.54, 1.807) is 7.11 Å². The molecule has 1 N–H and O–H groups in total. The van der Waals surface area contributed by atoms with Gasteiger partial charge in [-0.2, -0.15) is 0 Å². The van der Waals surface area contributed by atoms with Gasteiger partial charge in [-0.1, -0.05) is 19.1 Å². The second kappa shape index (κ2) is 8.11. The summed E-state index contributed by atoms with van der Waals surface area (Å²) in [6.45, 7) is 9.62. The van der Waals surface area contributed by atoms with Crippen molar-refractivity contribution in [2.75, 3.05) is 26.9 Å². The van der Waals surface area contributed by atoms with Crippen LogP contribution in [0.3, 0.4) is 0 Å². The van der Waals surface area contributed by atoms with Gasteiger partial charge in [-0.15, -0.1) is 0 Å². The fourth-order valence-corrected chi connectivity index (χ4v) is 1.98. The monoisotopic (exact) mass is 251 g/mol. The molecule has 0 spiro atoms. The van der Waals surface area contributed by atoms with E-state index in [9.17, 15) is 0 Å². The van der Waals surface area contributed by atoms with Crippen molar-refractivity contribution in [3.05, 3.63) is 28.8 Å². The van der Waals surface area contributed by atoms with Crippen LogP contribution in [-0.4, -0.2) is 26.9 Å². The molecule has 18 heavy (non-hydrogen) atoms. The molecule has 0 unspecified atom stereocenters. The lowest BCUT2D eigenvalue weighted by Crippen LogP contribution is -2.18. The molecular formula is C15H25NO2. The highest BCUT2D eigenvalue weighted by Gasteiger charge is 2.06. The van der Waals surface area contributed by atoms with E-state index in [2.05, 4.69) is 38.2 Å². The van der Waals surface area contributed by atoms with E-state index < -0.39 is 0 Å². The Hall–Kier alpha value is -1.06. The molecule has 3 nitrogen and oxygen atoms in total. The molecule has 0 radical (unpaired) electrons. The molecule has 0 saturated heterocycles. The van der Waals surface area contributed by atoms with Gasteiger partial charge in [-0.25, -0.2) is 0 Å². The Morgan fingerprint density at radius 1 is 1.11 bits per heavy atom. The van der Waals surface area contributed by atoms with Gasteiger partial charge in [0.05, 0.1) is 13.2 Å². The summed E-state index contributed by atoms with van der Waals surface area (Å²) in [5, 5.41) is 3.35. The molecule has 0 bridgehead atoms. The fourth-order valence-electron chi connectivity index (χ4n) is 1.98. The molecule has 1 aromatic carbocycles. The average Bonchev–Trinajstić information content (AvgIpc) is 2.34. The number of rotatable bonds is 8. The lowest BCUT2D eigenvalue weighted by atomic mass is 10.1. The Labute approximate surface area is 110 Å². The van der Waals surface area contributed by atoms with Crippen molar-refractivity contribution in [1.82, 2.24) is 5.32 Å². The number of methoxy groups -OCH3 is 1. The maximum absolute atomic E-state index is 5.77. The number of ether oxygens (including phenoxy) is 2. The van der Waals surface area contributed by atoms with Crippen molar-refractivity contribution in [2.24, 2.45) is 0 Å². The van der Waals surface area contributed by atoms with E-state index in [0.717, 1.165) is 38.5 Å². The van der Waals surface area contributed by atoms with E-state index in [4.69, 9.17) is 9.47 Å². The van der Waals surface area contributed by atoms with E-state index >= 15 is 0 Å². The van der Waals surface area contributed by atoms with E-state index in [1.807, 2.05) is 0 Å². The molecule has 0 amide bonds. The molecule has 1 rings (SSSR count). The molecule has 0 saturated carbocycles. The van der Waals surface area contributed by atoms with Crippen LogP contribution in [-0.2, 0) is 11.3 Å². The summed E-state index contributed by atoms with van der Waals surface area (Å²) in [5.41, 5.74) is 3.73. The summed E-state index contributed by atoms with van der Waals surface area (Å²) in [6.07, 6.45) is 1.04. The van der Waals surface area contributed by atoms with Crippen molar-refractivity contribution in [3.63, 3.8) is 0 Å². The van der Waals surface area contributed by atoms with Crippen LogP contribution in [0.25, 0.3) is 0 Å². The lowest BCUT2D eigenvalue weighted by molar-refractivity contribution is 0.199. The van der Waals surface area contributed by atoms with Crippen LogP contribution in [0, 0.1) is 13.8 Å². The third-order valence-corrected chi connectivity index (χ3v) is 2.78. The Morgan fingerprint density at radius 2 is 1.78 bits per heavy atom. The molecule has 1 aromatic rings. The van der Waals surface area contributed by atoms with Crippen molar-refractivity contribution in [3.8, 4) is 5.75 Å². The minimum absolute atomic E-state index is 0.746. The standard InChI is InChI=1S/C15H25NO2/c1-5-7-18-15-12(2)9-14(10-13(15)3)11-16-6-8-17-4/h9-10,16H,5-8,11H2,1-4H3. The van der Waals surface area contributed by atoms with Crippen molar-refractivity contribution in [2.45, 2.75) is 33.7 Å². The Kier molecular flexibility index (Phi) is 6.76. The van der Waals surface area contributed by atoms with Crippen LogP contribution >= 0.6 is 0 Å². The molecule has 0 aliphatic carbocycles. The van der Waals surface area contributed by atoms with E-state index in [-0.39, 0.29) is 0 Å². The van der Waals surface area contributed by atoms with Crippen LogP contribution in [0.2, 0.25) is 0 Å². The predicted octanol–water partition coefficient (Wildman–Crippen LogP) is 2.83. The highest BCUT2D eigenvalue weighted by Crippen LogP contribution is 2.24. The number of hydrogen-bond donors (Lipinski definition) is 1. The average molecular weight is 251 g/mol. The van der Waals surface area contributed by atoms with Gasteiger partial charge < -0.3 is 14.8 Å². The summed E-state index contributed by atoms with van der Waals surface area (Å²) < 4.78 is 10.8. The summed E-state index contributed by atoms with van der Waals surface area (Å²) in [7, 11) is 1.72. The summed E-state index contributed by atoms with van der Waals surface area (Å²) in [6, 6.07) is 4.38. The summed E-state index contributed by atoms with van der Waals surface area (Å²) in [4.78, 5) is 0. The maximum atomic E-state index is 5.77. The van der Waals surface area contributed by atoms with Crippen molar-refractivity contribution < 1.29 is 9.47 Å². The zero-order valence-corrected chi connectivity index (χ0v) is 12.0. The van der Waals surface area contributed by atoms with Crippen molar-refractivity contribution >= 4 is 0 Å². The summed E-state index contributed by atoms with van der Waals surface area (Å²) in [5.74, 6) is 1.04. The maximum Gasteiger partial charge on any atom is 0.125 e. The van der Waals surface area contributed by atoms with Gasteiger partial charge in [-0.05, 0) is 37.0 Å². The Morgan fingerprint density at radius 3 is 2.33 bits per heavy atom. The SMILES string of the molecule is CCCOc1c(C)cc(CNCCOC)cc1C. The van der Waals surface area contributed by atoms with Crippen LogP contribution in [0.5, 0.6) is 5.75 Å². The normalized spacial score (nSPS) is 10.7. The van der Waals surface area contributed by atoms with Gasteiger partial charge in [0.15, 0.2) is 0 Å². The van der Waals surface area contributed by atoms with Crippen LogP contribution in [0.4, 0.5) is 0 Å².